The van der Waals surface area contributed by atoms with Gasteiger partial charge >= 0.3 is 0 Å². The molecule has 1 N–H and O–H groups in total. The average Bonchev–Trinajstić information content (AvgIpc) is 2.93. The van der Waals surface area contributed by atoms with Gasteiger partial charge in [0.1, 0.15) is 0 Å². The van der Waals surface area contributed by atoms with Gasteiger partial charge < -0.3 is 10.2 Å². The number of amides is 2. The van der Waals surface area contributed by atoms with E-state index in [1.54, 1.807) is 24.5 Å². The number of likely N-dealkylation sites (N-methyl/N-ethyl adjacent to an activating group) is 1. The Morgan fingerprint density at radius 1 is 1.24 bits per heavy atom. The van der Waals surface area contributed by atoms with Gasteiger partial charge in [-0.2, -0.15) is 0 Å². The van der Waals surface area contributed by atoms with Gasteiger partial charge in [0, 0.05) is 51.2 Å². The minimum Gasteiger partial charge on any atom is -0.350 e. The number of nitrogens with one attached hydrogen (secondary N) is 1. The molecule has 25 heavy (non-hydrogen) atoms. The molecule has 134 valence electrons. The Kier molecular flexibility index (Phi) is 5.48. The van der Waals surface area contributed by atoms with Gasteiger partial charge in [0.15, 0.2) is 0 Å². The first-order chi connectivity index (χ1) is 12.0. The Labute approximate surface area is 148 Å². The molecule has 3 rings (SSSR count). The molecule has 2 saturated heterocycles. The number of pyridine rings is 1. The maximum Gasteiger partial charge on any atom is 0.244 e. The summed E-state index contributed by atoms with van der Waals surface area (Å²) >= 11 is 0. The molecule has 0 aliphatic carbocycles. The van der Waals surface area contributed by atoms with Crippen LogP contribution < -0.4 is 5.32 Å². The Morgan fingerprint density at radius 2 is 2.00 bits per heavy atom. The molecule has 0 saturated carbocycles. The number of carbonyl (C=O) groups excluding carboxylic acids is 2. The Hall–Kier alpha value is -2.21. The number of aryl methyl sites for hydroxylation is 1. The van der Waals surface area contributed by atoms with Crippen LogP contribution in [0.3, 0.4) is 0 Å². The molecule has 3 heterocycles. The summed E-state index contributed by atoms with van der Waals surface area (Å²) in [5.74, 6) is 0.161. The fourth-order valence-electron chi connectivity index (χ4n) is 3.59. The summed E-state index contributed by atoms with van der Waals surface area (Å²) in [6.07, 6.45) is 9.58. The van der Waals surface area contributed by atoms with Crippen molar-refractivity contribution in [3.05, 3.63) is 35.7 Å². The van der Waals surface area contributed by atoms with E-state index in [-0.39, 0.29) is 23.9 Å². The molecule has 2 aliphatic heterocycles. The van der Waals surface area contributed by atoms with Crippen LogP contribution in [0.15, 0.2) is 24.5 Å². The highest BCUT2D eigenvalue weighted by Gasteiger charge is 2.35. The second kappa shape index (κ2) is 7.78. The number of nitrogens with zero attached hydrogens (tertiary/aromatic N) is 3. The van der Waals surface area contributed by atoms with E-state index < -0.39 is 0 Å². The summed E-state index contributed by atoms with van der Waals surface area (Å²) in [7, 11) is 1.87. The summed E-state index contributed by atoms with van der Waals surface area (Å²) in [6, 6.07) is 2.21. The van der Waals surface area contributed by atoms with Gasteiger partial charge in [-0.1, -0.05) is 0 Å². The highest BCUT2D eigenvalue weighted by molar-refractivity contribution is 5.91. The zero-order chi connectivity index (χ0) is 17.8. The van der Waals surface area contributed by atoms with E-state index in [4.69, 9.17) is 0 Å². The number of hydrogen-bond acceptors (Lipinski definition) is 4. The molecule has 2 amide bonds. The lowest BCUT2D eigenvalue weighted by Gasteiger charge is -2.35. The maximum atomic E-state index is 12.1. The molecule has 1 aromatic heterocycles. The van der Waals surface area contributed by atoms with E-state index in [9.17, 15) is 9.59 Å². The minimum atomic E-state index is -0.0726. The zero-order valence-corrected chi connectivity index (χ0v) is 14.9. The quantitative estimate of drug-likeness (QED) is 0.836. The lowest BCUT2D eigenvalue weighted by molar-refractivity contribution is -0.131. The van der Waals surface area contributed by atoms with Crippen molar-refractivity contribution in [2.45, 2.75) is 38.3 Å². The molecule has 6 nitrogen and oxygen atoms in total. The van der Waals surface area contributed by atoms with Gasteiger partial charge in [0.25, 0.3) is 0 Å². The van der Waals surface area contributed by atoms with Crippen molar-refractivity contribution >= 4 is 17.9 Å². The van der Waals surface area contributed by atoms with E-state index in [0.717, 1.165) is 50.0 Å². The van der Waals surface area contributed by atoms with Gasteiger partial charge in [-0.05, 0) is 49.5 Å². The summed E-state index contributed by atoms with van der Waals surface area (Å²) in [4.78, 5) is 32.4. The Morgan fingerprint density at radius 3 is 2.64 bits per heavy atom. The predicted octanol–water partition coefficient (Wildman–Crippen LogP) is 1.21. The van der Waals surface area contributed by atoms with E-state index in [2.05, 4.69) is 15.2 Å². The van der Waals surface area contributed by atoms with Crippen molar-refractivity contribution in [2.24, 2.45) is 0 Å². The number of likely N-dealkylation sites (tertiary alicyclic amines) is 2. The topological polar surface area (TPSA) is 65.5 Å². The summed E-state index contributed by atoms with van der Waals surface area (Å²) in [5, 5.41) is 3.07. The van der Waals surface area contributed by atoms with Crippen molar-refractivity contribution in [3.8, 4) is 0 Å². The molecule has 1 aromatic rings. The van der Waals surface area contributed by atoms with Crippen LogP contribution in [0.25, 0.3) is 6.08 Å². The van der Waals surface area contributed by atoms with Crippen LogP contribution >= 0.6 is 0 Å². The third kappa shape index (κ3) is 4.45. The van der Waals surface area contributed by atoms with E-state index >= 15 is 0 Å². The van der Waals surface area contributed by atoms with Crippen molar-refractivity contribution < 1.29 is 9.59 Å². The number of hydrogen-bond donors (Lipinski definition) is 1. The maximum absolute atomic E-state index is 12.1. The molecular weight excluding hydrogens is 316 g/mol. The predicted molar refractivity (Wildman–Crippen MR) is 96.8 cm³/mol. The second-order valence-corrected chi connectivity index (χ2v) is 7.01. The second-order valence-electron chi connectivity index (χ2n) is 7.01. The van der Waals surface area contributed by atoms with Gasteiger partial charge in [0.05, 0.1) is 6.04 Å². The fourth-order valence-corrected chi connectivity index (χ4v) is 3.59. The molecule has 6 heteroatoms. The average molecular weight is 342 g/mol. The van der Waals surface area contributed by atoms with Gasteiger partial charge in [-0.3, -0.25) is 19.5 Å². The molecule has 0 aromatic carbocycles. The molecule has 1 unspecified atom stereocenters. The summed E-state index contributed by atoms with van der Waals surface area (Å²) in [5.41, 5.74) is 2.00. The van der Waals surface area contributed by atoms with Crippen LogP contribution in [0.5, 0.6) is 0 Å². The number of aromatic nitrogens is 1. The minimum absolute atomic E-state index is 0.0374. The first-order valence-corrected chi connectivity index (χ1v) is 8.92. The summed E-state index contributed by atoms with van der Waals surface area (Å²) < 4.78 is 0. The molecule has 0 bridgehead atoms. The molecule has 1 atom stereocenters. The highest BCUT2D eigenvalue weighted by Crippen LogP contribution is 2.20. The van der Waals surface area contributed by atoms with Crippen LogP contribution in [0.1, 0.15) is 30.4 Å². The number of carbonyl (C=O) groups is 2. The molecule has 2 aliphatic rings. The first kappa shape index (κ1) is 17.6. The molecule has 0 spiro atoms. The van der Waals surface area contributed by atoms with Crippen molar-refractivity contribution in [3.63, 3.8) is 0 Å². The smallest absolute Gasteiger partial charge is 0.244 e. The van der Waals surface area contributed by atoms with Gasteiger partial charge in [0.2, 0.25) is 11.8 Å². The molecule has 0 radical (unpaired) electrons. The lowest BCUT2D eigenvalue weighted by atomic mass is 10.0. The highest BCUT2D eigenvalue weighted by atomic mass is 16.2. The molecule has 2 fully saturated rings. The third-order valence-electron chi connectivity index (χ3n) is 5.04. The summed E-state index contributed by atoms with van der Waals surface area (Å²) in [6.45, 7) is 4.55. The number of piperidine rings is 1. The third-order valence-corrected chi connectivity index (χ3v) is 5.04. The van der Waals surface area contributed by atoms with E-state index in [1.165, 1.54) is 0 Å². The number of rotatable bonds is 4. The monoisotopic (exact) mass is 342 g/mol. The van der Waals surface area contributed by atoms with Crippen LogP contribution in [0.4, 0.5) is 0 Å². The van der Waals surface area contributed by atoms with Gasteiger partial charge in [-0.25, -0.2) is 0 Å². The zero-order valence-electron chi connectivity index (χ0n) is 14.9. The first-order valence-electron chi connectivity index (χ1n) is 8.92. The Balaban J connectivity index is 1.46. The van der Waals surface area contributed by atoms with E-state index in [1.807, 2.05) is 24.9 Å². The Bertz CT molecular complexity index is 665. The van der Waals surface area contributed by atoms with Gasteiger partial charge in [-0.15, -0.1) is 0 Å². The largest absolute Gasteiger partial charge is 0.350 e. The van der Waals surface area contributed by atoms with Crippen molar-refractivity contribution in [1.29, 1.82) is 0 Å². The SMILES string of the molecule is Cc1cncc(C=CC(=O)NC2CCN(C3CCN(C)C3=O)CC2)c1. The fraction of sp³-hybridized carbons (Fsp3) is 0.526. The van der Waals surface area contributed by atoms with Crippen molar-refractivity contribution in [2.75, 3.05) is 26.7 Å². The lowest BCUT2D eigenvalue weighted by Crippen LogP contribution is -2.49. The van der Waals surface area contributed by atoms with Crippen LogP contribution in [-0.2, 0) is 9.59 Å². The van der Waals surface area contributed by atoms with Crippen LogP contribution in [0.2, 0.25) is 0 Å². The van der Waals surface area contributed by atoms with Crippen LogP contribution in [-0.4, -0.2) is 65.4 Å². The van der Waals surface area contributed by atoms with Crippen molar-refractivity contribution in [1.82, 2.24) is 20.1 Å². The van der Waals surface area contributed by atoms with E-state index in [0.29, 0.717) is 0 Å². The van der Waals surface area contributed by atoms with Crippen LogP contribution in [0, 0.1) is 6.92 Å². The normalized spacial score (nSPS) is 22.7. The standard InChI is InChI=1S/C19H26N4O2/c1-14-11-15(13-20-12-14)3-4-18(24)21-16-5-9-23(10-6-16)17-7-8-22(2)19(17)25/h3-4,11-13,16-17H,5-10H2,1-2H3,(H,21,24). The molecular formula is C19H26N4O2.